The highest BCUT2D eigenvalue weighted by atomic mass is 32.2. The Morgan fingerprint density at radius 1 is 1.33 bits per heavy atom. The van der Waals surface area contributed by atoms with Crippen LogP contribution in [0.4, 0.5) is 5.69 Å². The number of aldehydes is 1. The number of carbonyl (C=O) groups excluding carboxylic acids is 1. The van der Waals surface area contributed by atoms with E-state index in [9.17, 15) is 4.79 Å². The number of benzene rings is 1. The maximum atomic E-state index is 11.2. The Morgan fingerprint density at radius 3 is 2.56 bits per heavy atom. The van der Waals surface area contributed by atoms with Crippen LogP contribution < -0.4 is 4.90 Å². The van der Waals surface area contributed by atoms with Crippen LogP contribution in [0.25, 0.3) is 0 Å². The SMILES string of the molecule is CSc1ccc(N2CC(C)OC(C)C2)c(C=O)c1. The summed E-state index contributed by atoms with van der Waals surface area (Å²) in [5.41, 5.74) is 1.79. The van der Waals surface area contributed by atoms with Crippen molar-refractivity contribution in [2.75, 3.05) is 24.2 Å². The molecule has 0 radical (unpaired) electrons. The molecule has 0 aliphatic carbocycles. The molecule has 2 rings (SSSR count). The van der Waals surface area contributed by atoms with E-state index in [1.165, 1.54) is 0 Å². The first-order chi connectivity index (χ1) is 8.63. The van der Waals surface area contributed by atoms with Crippen LogP contribution in [0.5, 0.6) is 0 Å². The molecule has 1 saturated heterocycles. The lowest BCUT2D eigenvalue weighted by Gasteiger charge is -2.37. The zero-order chi connectivity index (χ0) is 13.1. The van der Waals surface area contributed by atoms with Crippen LogP contribution >= 0.6 is 11.8 Å². The molecule has 0 aromatic heterocycles. The molecule has 1 aromatic carbocycles. The van der Waals surface area contributed by atoms with E-state index in [2.05, 4.69) is 24.8 Å². The molecule has 3 nitrogen and oxygen atoms in total. The molecule has 2 atom stereocenters. The van der Waals surface area contributed by atoms with E-state index in [-0.39, 0.29) is 12.2 Å². The highest BCUT2D eigenvalue weighted by molar-refractivity contribution is 7.98. The zero-order valence-corrected chi connectivity index (χ0v) is 11.9. The molecule has 18 heavy (non-hydrogen) atoms. The average molecular weight is 265 g/mol. The molecular weight excluding hydrogens is 246 g/mol. The van der Waals surface area contributed by atoms with Crippen molar-refractivity contribution in [2.45, 2.75) is 31.0 Å². The standard InChI is InChI=1S/C14H19NO2S/c1-10-7-15(8-11(2)17-10)14-5-4-13(18-3)6-12(14)9-16/h4-6,9-11H,7-8H2,1-3H3. The number of morpholine rings is 1. The average Bonchev–Trinajstić information content (AvgIpc) is 2.36. The van der Waals surface area contributed by atoms with Crippen LogP contribution in [0, 0.1) is 0 Å². The second-order valence-corrected chi connectivity index (χ2v) is 5.58. The predicted octanol–water partition coefficient (Wildman–Crippen LogP) is 2.83. The molecule has 1 fully saturated rings. The summed E-state index contributed by atoms with van der Waals surface area (Å²) in [5, 5.41) is 0. The van der Waals surface area contributed by atoms with E-state index in [1.807, 2.05) is 18.4 Å². The van der Waals surface area contributed by atoms with Crippen LogP contribution in [-0.4, -0.2) is 37.8 Å². The summed E-state index contributed by atoms with van der Waals surface area (Å²) in [6.45, 7) is 5.81. The van der Waals surface area contributed by atoms with Gasteiger partial charge in [-0.15, -0.1) is 11.8 Å². The second kappa shape index (κ2) is 5.76. The van der Waals surface area contributed by atoms with Gasteiger partial charge in [-0.2, -0.15) is 0 Å². The Hall–Kier alpha value is -1.00. The Balaban J connectivity index is 2.29. The number of hydrogen-bond acceptors (Lipinski definition) is 4. The number of anilines is 1. The summed E-state index contributed by atoms with van der Waals surface area (Å²) < 4.78 is 5.72. The van der Waals surface area contributed by atoms with Gasteiger partial charge in [0.1, 0.15) is 0 Å². The van der Waals surface area contributed by atoms with Gasteiger partial charge < -0.3 is 9.64 Å². The largest absolute Gasteiger partial charge is 0.372 e. The van der Waals surface area contributed by atoms with Gasteiger partial charge in [-0.3, -0.25) is 4.79 Å². The van der Waals surface area contributed by atoms with Gasteiger partial charge in [0.25, 0.3) is 0 Å². The van der Waals surface area contributed by atoms with E-state index in [4.69, 9.17) is 4.74 Å². The number of nitrogens with zero attached hydrogens (tertiary/aromatic N) is 1. The highest BCUT2D eigenvalue weighted by Gasteiger charge is 2.23. The van der Waals surface area contributed by atoms with Crippen LogP contribution in [0.15, 0.2) is 23.1 Å². The fraction of sp³-hybridized carbons (Fsp3) is 0.500. The molecule has 0 spiro atoms. The maximum absolute atomic E-state index is 11.2. The fourth-order valence-electron chi connectivity index (χ4n) is 2.42. The van der Waals surface area contributed by atoms with Crippen LogP contribution in [0.1, 0.15) is 24.2 Å². The third-order valence-electron chi connectivity index (χ3n) is 3.12. The van der Waals surface area contributed by atoms with Gasteiger partial charge in [-0.05, 0) is 38.3 Å². The summed E-state index contributed by atoms with van der Waals surface area (Å²) >= 11 is 1.65. The first kappa shape index (κ1) is 13.4. The van der Waals surface area contributed by atoms with E-state index in [1.54, 1.807) is 11.8 Å². The van der Waals surface area contributed by atoms with E-state index < -0.39 is 0 Å². The minimum atomic E-state index is 0.202. The van der Waals surface area contributed by atoms with Gasteiger partial charge in [-0.25, -0.2) is 0 Å². The zero-order valence-electron chi connectivity index (χ0n) is 11.1. The van der Waals surface area contributed by atoms with Gasteiger partial charge in [0.15, 0.2) is 6.29 Å². The molecule has 1 aliphatic rings. The lowest BCUT2D eigenvalue weighted by molar-refractivity contribution is -0.00525. The lowest BCUT2D eigenvalue weighted by Crippen LogP contribution is -2.45. The number of carbonyl (C=O) groups is 1. The van der Waals surface area contributed by atoms with Gasteiger partial charge in [0.2, 0.25) is 0 Å². The molecule has 98 valence electrons. The summed E-state index contributed by atoms with van der Waals surface area (Å²) in [7, 11) is 0. The second-order valence-electron chi connectivity index (χ2n) is 4.70. The van der Waals surface area contributed by atoms with Crippen molar-refractivity contribution < 1.29 is 9.53 Å². The summed E-state index contributed by atoms with van der Waals surface area (Å²) in [6, 6.07) is 6.07. The van der Waals surface area contributed by atoms with Crippen molar-refractivity contribution >= 4 is 23.7 Å². The number of ether oxygens (including phenoxy) is 1. The number of thioether (sulfide) groups is 1. The smallest absolute Gasteiger partial charge is 0.152 e. The quantitative estimate of drug-likeness (QED) is 0.621. The van der Waals surface area contributed by atoms with Crippen molar-refractivity contribution in [2.24, 2.45) is 0 Å². The van der Waals surface area contributed by atoms with Crippen molar-refractivity contribution in [3.05, 3.63) is 23.8 Å². The Kier molecular flexibility index (Phi) is 4.30. The third-order valence-corrected chi connectivity index (χ3v) is 3.85. The lowest BCUT2D eigenvalue weighted by atomic mass is 10.1. The minimum Gasteiger partial charge on any atom is -0.372 e. The molecule has 1 aromatic rings. The van der Waals surface area contributed by atoms with E-state index in [0.29, 0.717) is 0 Å². The summed E-state index contributed by atoms with van der Waals surface area (Å²) in [5.74, 6) is 0. The topological polar surface area (TPSA) is 29.5 Å². The molecule has 0 N–H and O–H groups in total. The minimum absolute atomic E-state index is 0.202. The van der Waals surface area contributed by atoms with Crippen molar-refractivity contribution in [1.82, 2.24) is 0 Å². The molecule has 4 heteroatoms. The van der Waals surface area contributed by atoms with Gasteiger partial charge in [0.05, 0.1) is 12.2 Å². The van der Waals surface area contributed by atoms with Crippen molar-refractivity contribution in [3.8, 4) is 0 Å². The molecule has 2 unspecified atom stereocenters. The molecule has 1 aliphatic heterocycles. The molecule has 1 heterocycles. The molecule has 0 bridgehead atoms. The molecule has 0 amide bonds. The number of hydrogen-bond donors (Lipinski definition) is 0. The van der Waals surface area contributed by atoms with Gasteiger partial charge in [-0.1, -0.05) is 0 Å². The number of rotatable bonds is 3. The normalized spacial score (nSPS) is 24.1. The fourth-order valence-corrected chi connectivity index (χ4v) is 2.87. The maximum Gasteiger partial charge on any atom is 0.152 e. The Labute approximate surface area is 113 Å². The van der Waals surface area contributed by atoms with Gasteiger partial charge >= 0.3 is 0 Å². The van der Waals surface area contributed by atoms with Crippen molar-refractivity contribution in [3.63, 3.8) is 0 Å². The summed E-state index contributed by atoms with van der Waals surface area (Å²) in [6.07, 6.45) is 3.37. The predicted molar refractivity (Wildman–Crippen MR) is 75.8 cm³/mol. The monoisotopic (exact) mass is 265 g/mol. The Bertz CT molecular complexity index is 426. The molecular formula is C14H19NO2S. The molecule has 0 saturated carbocycles. The van der Waals surface area contributed by atoms with Crippen molar-refractivity contribution in [1.29, 1.82) is 0 Å². The highest BCUT2D eigenvalue weighted by Crippen LogP contribution is 2.27. The van der Waals surface area contributed by atoms with Gasteiger partial charge in [0, 0.05) is 29.2 Å². The van der Waals surface area contributed by atoms with Crippen LogP contribution in [0.3, 0.4) is 0 Å². The first-order valence-electron chi connectivity index (χ1n) is 6.17. The van der Waals surface area contributed by atoms with Crippen LogP contribution in [-0.2, 0) is 4.74 Å². The van der Waals surface area contributed by atoms with E-state index in [0.717, 1.165) is 35.5 Å². The van der Waals surface area contributed by atoms with Crippen LogP contribution in [0.2, 0.25) is 0 Å². The Morgan fingerprint density at radius 2 is 2.00 bits per heavy atom. The van der Waals surface area contributed by atoms with E-state index >= 15 is 0 Å². The third kappa shape index (κ3) is 2.87. The first-order valence-corrected chi connectivity index (χ1v) is 7.40. The summed E-state index contributed by atoms with van der Waals surface area (Å²) in [4.78, 5) is 14.6.